The normalized spacial score (nSPS) is 14.0. The molecular formula is C16H20Cl2N2S. The molecule has 114 valence electrons. The van der Waals surface area contributed by atoms with E-state index in [1.54, 1.807) is 0 Å². The molecule has 0 saturated heterocycles. The Morgan fingerprint density at radius 1 is 1.19 bits per heavy atom. The Kier molecular flexibility index (Phi) is 6.37. The Labute approximate surface area is 141 Å². The Hall–Kier alpha value is -0.740. The fraction of sp³-hybridized carbons (Fsp3) is 0.375. The Bertz CT molecular complexity index is 570. The molecule has 1 aliphatic heterocycles. The molecule has 1 aromatic heterocycles. The van der Waals surface area contributed by atoms with Gasteiger partial charge in [0, 0.05) is 11.4 Å². The molecule has 2 aromatic rings. The van der Waals surface area contributed by atoms with Crippen molar-refractivity contribution in [3.8, 4) is 0 Å². The van der Waals surface area contributed by atoms with Crippen LogP contribution in [0.25, 0.3) is 0 Å². The summed E-state index contributed by atoms with van der Waals surface area (Å²) in [6.07, 6.45) is 3.19. The van der Waals surface area contributed by atoms with Crippen LogP contribution >= 0.6 is 35.3 Å². The molecule has 0 amide bonds. The van der Waals surface area contributed by atoms with Gasteiger partial charge in [-0.1, -0.05) is 23.7 Å². The molecule has 0 atom stereocenters. The summed E-state index contributed by atoms with van der Waals surface area (Å²) in [6, 6.07) is 8.49. The lowest BCUT2D eigenvalue weighted by atomic mass is 10.0. The van der Waals surface area contributed by atoms with E-state index in [1.807, 2.05) is 17.4 Å². The van der Waals surface area contributed by atoms with Crippen molar-refractivity contribution in [3.05, 3.63) is 50.7 Å². The van der Waals surface area contributed by atoms with Gasteiger partial charge in [-0.25, -0.2) is 0 Å². The summed E-state index contributed by atoms with van der Waals surface area (Å²) in [7, 11) is 0. The molecule has 1 aliphatic rings. The van der Waals surface area contributed by atoms with Crippen LogP contribution in [-0.2, 0) is 19.3 Å². The van der Waals surface area contributed by atoms with Crippen LogP contribution in [0.4, 0.5) is 5.69 Å². The summed E-state index contributed by atoms with van der Waals surface area (Å²) >= 11 is 8.21. The maximum absolute atomic E-state index is 6.39. The monoisotopic (exact) mass is 342 g/mol. The lowest BCUT2D eigenvalue weighted by molar-refractivity contribution is 0.711. The number of halogens is 2. The molecule has 2 N–H and O–H groups in total. The van der Waals surface area contributed by atoms with Crippen molar-refractivity contribution in [1.82, 2.24) is 5.32 Å². The van der Waals surface area contributed by atoms with Gasteiger partial charge in [-0.3, -0.25) is 0 Å². The van der Waals surface area contributed by atoms with Crippen molar-refractivity contribution >= 4 is 41.0 Å². The van der Waals surface area contributed by atoms with Crippen LogP contribution in [0.15, 0.2) is 29.6 Å². The number of thiophene rings is 1. The van der Waals surface area contributed by atoms with Crippen LogP contribution < -0.4 is 10.6 Å². The standard InChI is InChI=1S/C16H19ClN2S.ClH/c17-15-4-3-12-5-8-18-9-7-14(12)16(15)19-10-6-13-2-1-11-20-13;/h1-4,11,18-19H,5-10H2;1H. The molecule has 2 nitrogen and oxygen atoms in total. The van der Waals surface area contributed by atoms with Gasteiger partial charge in [-0.2, -0.15) is 0 Å². The van der Waals surface area contributed by atoms with E-state index in [4.69, 9.17) is 11.6 Å². The summed E-state index contributed by atoms with van der Waals surface area (Å²) in [6.45, 7) is 3.03. The van der Waals surface area contributed by atoms with E-state index in [1.165, 1.54) is 16.0 Å². The van der Waals surface area contributed by atoms with Gasteiger partial charge in [-0.05, 0) is 61.0 Å². The largest absolute Gasteiger partial charge is 0.383 e. The van der Waals surface area contributed by atoms with Crippen LogP contribution in [-0.4, -0.2) is 19.6 Å². The first kappa shape index (κ1) is 16.6. The molecule has 2 heterocycles. The Balaban J connectivity index is 0.00000161. The van der Waals surface area contributed by atoms with Crippen molar-refractivity contribution < 1.29 is 0 Å². The molecule has 0 spiro atoms. The first-order valence-corrected chi connectivity index (χ1v) is 8.37. The maximum atomic E-state index is 6.39. The second-order valence-electron chi connectivity index (χ2n) is 5.07. The molecule has 0 fully saturated rings. The van der Waals surface area contributed by atoms with Gasteiger partial charge in [0.05, 0.1) is 10.7 Å². The minimum atomic E-state index is 0. The van der Waals surface area contributed by atoms with Gasteiger partial charge >= 0.3 is 0 Å². The van der Waals surface area contributed by atoms with E-state index in [-0.39, 0.29) is 12.4 Å². The molecule has 0 unspecified atom stereocenters. The SMILES string of the molecule is Cl.Clc1ccc2c(c1NCCc1cccs1)CCNCC2. The molecular weight excluding hydrogens is 323 g/mol. The van der Waals surface area contributed by atoms with Crippen LogP contribution in [0.3, 0.4) is 0 Å². The Morgan fingerprint density at radius 3 is 2.86 bits per heavy atom. The van der Waals surface area contributed by atoms with Crippen LogP contribution in [0.2, 0.25) is 5.02 Å². The van der Waals surface area contributed by atoms with E-state index in [0.717, 1.165) is 49.6 Å². The number of fused-ring (bicyclic) bond motifs is 1. The average molecular weight is 343 g/mol. The number of rotatable bonds is 4. The van der Waals surface area contributed by atoms with Crippen molar-refractivity contribution in [2.75, 3.05) is 25.0 Å². The van der Waals surface area contributed by atoms with E-state index >= 15 is 0 Å². The predicted octanol–water partition coefficient (Wildman–Crippen LogP) is 4.17. The number of hydrogen-bond acceptors (Lipinski definition) is 3. The second kappa shape index (κ2) is 8.04. The van der Waals surface area contributed by atoms with Gasteiger partial charge in [0.25, 0.3) is 0 Å². The fourth-order valence-corrected chi connectivity index (χ4v) is 3.65. The molecule has 0 radical (unpaired) electrons. The van der Waals surface area contributed by atoms with Gasteiger partial charge in [0.15, 0.2) is 0 Å². The number of benzene rings is 1. The van der Waals surface area contributed by atoms with Crippen molar-refractivity contribution in [2.45, 2.75) is 19.3 Å². The zero-order valence-electron chi connectivity index (χ0n) is 11.8. The molecule has 21 heavy (non-hydrogen) atoms. The molecule has 3 rings (SSSR count). The van der Waals surface area contributed by atoms with Gasteiger partial charge < -0.3 is 10.6 Å². The van der Waals surface area contributed by atoms with Gasteiger partial charge in [-0.15, -0.1) is 23.7 Å². The lowest BCUT2D eigenvalue weighted by Gasteiger charge is -2.16. The molecule has 0 aliphatic carbocycles. The predicted molar refractivity (Wildman–Crippen MR) is 95.5 cm³/mol. The lowest BCUT2D eigenvalue weighted by Crippen LogP contribution is -2.16. The third-order valence-electron chi connectivity index (χ3n) is 3.74. The first-order chi connectivity index (χ1) is 9.84. The average Bonchev–Trinajstić information content (AvgIpc) is 2.85. The number of hydrogen-bond donors (Lipinski definition) is 2. The summed E-state index contributed by atoms with van der Waals surface area (Å²) in [5.41, 5.74) is 3.97. The first-order valence-electron chi connectivity index (χ1n) is 7.12. The zero-order valence-corrected chi connectivity index (χ0v) is 14.2. The Morgan fingerprint density at radius 2 is 2.05 bits per heavy atom. The topological polar surface area (TPSA) is 24.1 Å². The summed E-state index contributed by atoms with van der Waals surface area (Å²) in [5.74, 6) is 0. The third kappa shape index (κ3) is 4.13. The maximum Gasteiger partial charge on any atom is 0.0640 e. The van der Waals surface area contributed by atoms with E-state index < -0.39 is 0 Å². The summed E-state index contributed by atoms with van der Waals surface area (Å²) in [5, 5.41) is 9.98. The van der Waals surface area contributed by atoms with Gasteiger partial charge in [0.2, 0.25) is 0 Å². The van der Waals surface area contributed by atoms with Crippen LogP contribution in [0.5, 0.6) is 0 Å². The molecule has 5 heteroatoms. The highest BCUT2D eigenvalue weighted by Gasteiger charge is 2.14. The van der Waals surface area contributed by atoms with Gasteiger partial charge in [0.1, 0.15) is 0 Å². The fourth-order valence-electron chi connectivity index (χ4n) is 2.70. The second-order valence-corrected chi connectivity index (χ2v) is 6.51. The van der Waals surface area contributed by atoms with Crippen molar-refractivity contribution in [3.63, 3.8) is 0 Å². The summed E-state index contributed by atoms with van der Waals surface area (Å²) in [4.78, 5) is 1.41. The minimum absolute atomic E-state index is 0. The molecule has 0 bridgehead atoms. The molecule has 1 aromatic carbocycles. The van der Waals surface area contributed by atoms with Crippen molar-refractivity contribution in [1.29, 1.82) is 0 Å². The van der Waals surface area contributed by atoms with E-state index in [2.05, 4.69) is 34.2 Å². The van der Waals surface area contributed by atoms with E-state index in [9.17, 15) is 0 Å². The van der Waals surface area contributed by atoms with E-state index in [0.29, 0.717) is 0 Å². The van der Waals surface area contributed by atoms with Crippen LogP contribution in [0.1, 0.15) is 16.0 Å². The quantitative estimate of drug-likeness (QED) is 0.871. The highest BCUT2D eigenvalue weighted by Crippen LogP contribution is 2.30. The third-order valence-corrected chi connectivity index (χ3v) is 4.99. The highest BCUT2D eigenvalue weighted by molar-refractivity contribution is 7.09. The highest BCUT2D eigenvalue weighted by atomic mass is 35.5. The van der Waals surface area contributed by atoms with Crippen molar-refractivity contribution in [2.24, 2.45) is 0 Å². The van der Waals surface area contributed by atoms with Crippen LogP contribution in [0, 0.1) is 0 Å². The smallest absolute Gasteiger partial charge is 0.0640 e. The number of nitrogens with one attached hydrogen (secondary N) is 2. The number of anilines is 1. The minimum Gasteiger partial charge on any atom is -0.383 e. The zero-order chi connectivity index (χ0) is 13.8. The summed E-state index contributed by atoms with van der Waals surface area (Å²) < 4.78 is 0. The molecule has 0 saturated carbocycles.